The largest absolute Gasteiger partial charge is 0.489 e. The van der Waals surface area contributed by atoms with E-state index in [0.29, 0.717) is 18.8 Å². The number of nitrogens with one attached hydrogen (secondary N) is 2. The Labute approximate surface area is 97.6 Å². The molecule has 0 spiro atoms. The van der Waals surface area contributed by atoms with Crippen molar-refractivity contribution in [2.24, 2.45) is 0 Å². The molecule has 0 bridgehead atoms. The number of rotatable bonds is 5. The zero-order chi connectivity index (χ0) is 12.1. The highest BCUT2D eigenvalue weighted by Gasteiger charge is 2.07. The quantitative estimate of drug-likeness (QED) is 0.809. The molecule has 6 heteroatoms. The lowest BCUT2D eigenvalue weighted by molar-refractivity contribution is 0.408. The molecule has 0 saturated heterocycles. The average molecular weight is 235 g/mol. The van der Waals surface area contributed by atoms with E-state index in [1.165, 1.54) is 13.4 Å². The van der Waals surface area contributed by atoms with Gasteiger partial charge in [0.15, 0.2) is 5.82 Å². The molecule has 0 aliphatic carbocycles. The van der Waals surface area contributed by atoms with Gasteiger partial charge in [0.1, 0.15) is 5.76 Å². The van der Waals surface area contributed by atoms with Gasteiger partial charge in [-0.05, 0) is 12.1 Å². The third-order valence-corrected chi connectivity index (χ3v) is 2.26. The van der Waals surface area contributed by atoms with Gasteiger partial charge in [-0.3, -0.25) is 4.79 Å². The Bertz CT molecular complexity index is 519. The first-order valence-corrected chi connectivity index (χ1v) is 5.19. The number of hydrogen-bond acceptors (Lipinski definition) is 5. The maximum absolute atomic E-state index is 11.4. The van der Waals surface area contributed by atoms with E-state index in [1.54, 1.807) is 6.26 Å². The smallest absolute Gasteiger partial charge is 0.295 e. The second-order valence-electron chi connectivity index (χ2n) is 3.37. The summed E-state index contributed by atoms with van der Waals surface area (Å²) in [6.45, 7) is 0.611. The first-order chi connectivity index (χ1) is 8.31. The van der Waals surface area contributed by atoms with Gasteiger partial charge in [-0.15, -0.1) is 0 Å². The first-order valence-electron chi connectivity index (χ1n) is 5.19. The molecule has 0 saturated carbocycles. The van der Waals surface area contributed by atoms with E-state index in [9.17, 15) is 4.79 Å². The van der Waals surface area contributed by atoms with Gasteiger partial charge in [-0.2, -0.15) is 0 Å². The van der Waals surface area contributed by atoms with E-state index in [-0.39, 0.29) is 11.3 Å². The third kappa shape index (κ3) is 2.66. The van der Waals surface area contributed by atoms with Crippen LogP contribution >= 0.6 is 0 Å². The third-order valence-electron chi connectivity index (χ3n) is 2.26. The van der Waals surface area contributed by atoms with Crippen molar-refractivity contribution in [3.8, 4) is 5.75 Å². The SMILES string of the molecule is COc1c(NCCc2ccco2)nc[nH]c1=O. The monoisotopic (exact) mass is 235 g/mol. The van der Waals surface area contributed by atoms with Gasteiger partial charge in [0.05, 0.1) is 19.7 Å². The Balaban J connectivity index is 1.99. The summed E-state index contributed by atoms with van der Waals surface area (Å²) >= 11 is 0. The van der Waals surface area contributed by atoms with Crippen LogP contribution in [0.15, 0.2) is 33.9 Å². The van der Waals surface area contributed by atoms with Crippen molar-refractivity contribution in [1.82, 2.24) is 9.97 Å². The zero-order valence-electron chi connectivity index (χ0n) is 9.40. The number of methoxy groups -OCH3 is 1. The fraction of sp³-hybridized carbons (Fsp3) is 0.273. The average Bonchev–Trinajstić information content (AvgIpc) is 2.82. The topological polar surface area (TPSA) is 80.2 Å². The second-order valence-corrected chi connectivity index (χ2v) is 3.37. The van der Waals surface area contributed by atoms with Crippen molar-refractivity contribution in [2.45, 2.75) is 6.42 Å². The van der Waals surface area contributed by atoms with Crippen molar-refractivity contribution in [2.75, 3.05) is 19.0 Å². The van der Waals surface area contributed by atoms with Gasteiger partial charge >= 0.3 is 0 Å². The molecule has 0 amide bonds. The molecule has 0 atom stereocenters. The molecule has 90 valence electrons. The molecule has 0 aliphatic heterocycles. The highest BCUT2D eigenvalue weighted by molar-refractivity contribution is 5.47. The Hall–Kier alpha value is -2.24. The van der Waals surface area contributed by atoms with Crippen LogP contribution < -0.4 is 15.6 Å². The molecule has 6 nitrogen and oxygen atoms in total. The summed E-state index contributed by atoms with van der Waals surface area (Å²) in [7, 11) is 1.43. The standard InChI is InChI=1S/C11H13N3O3/c1-16-9-10(13-7-14-11(9)15)12-5-4-8-3-2-6-17-8/h2-3,6-7H,4-5H2,1H3,(H2,12,13,14,15). The fourth-order valence-corrected chi connectivity index (χ4v) is 1.46. The van der Waals surface area contributed by atoms with Crippen LogP contribution in [0.3, 0.4) is 0 Å². The van der Waals surface area contributed by atoms with E-state index < -0.39 is 0 Å². The van der Waals surface area contributed by atoms with Crippen molar-refractivity contribution in [1.29, 1.82) is 0 Å². The Morgan fingerprint density at radius 2 is 2.47 bits per heavy atom. The maximum atomic E-state index is 11.4. The number of aromatic amines is 1. The van der Waals surface area contributed by atoms with Crippen LogP contribution in [0.2, 0.25) is 0 Å². The highest BCUT2D eigenvalue weighted by atomic mass is 16.5. The fourth-order valence-electron chi connectivity index (χ4n) is 1.46. The van der Waals surface area contributed by atoms with Gasteiger partial charge in [-0.1, -0.05) is 0 Å². The van der Waals surface area contributed by atoms with Crippen LogP contribution in [0.4, 0.5) is 5.82 Å². The molecule has 2 rings (SSSR count). The first kappa shape index (κ1) is 11.3. The molecular formula is C11H13N3O3. The van der Waals surface area contributed by atoms with Crippen LogP contribution in [0, 0.1) is 0 Å². The van der Waals surface area contributed by atoms with Crippen molar-refractivity contribution in [3.63, 3.8) is 0 Å². The molecular weight excluding hydrogens is 222 g/mol. The molecule has 2 N–H and O–H groups in total. The van der Waals surface area contributed by atoms with Crippen LogP contribution in [0.5, 0.6) is 5.75 Å². The van der Waals surface area contributed by atoms with Gasteiger partial charge in [-0.25, -0.2) is 4.98 Å². The van der Waals surface area contributed by atoms with E-state index >= 15 is 0 Å². The zero-order valence-corrected chi connectivity index (χ0v) is 9.40. The van der Waals surface area contributed by atoms with Gasteiger partial charge in [0, 0.05) is 13.0 Å². The van der Waals surface area contributed by atoms with Gasteiger partial charge < -0.3 is 19.5 Å². The summed E-state index contributed by atoms with van der Waals surface area (Å²) in [6.07, 6.45) is 3.67. The summed E-state index contributed by atoms with van der Waals surface area (Å²) in [5.74, 6) is 1.50. The van der Waals surface area contributed by atoms with E-state index in [4.69, 9.17) is 9.15 Å². The molecule has 2 aromatic rings. The summed E-state index contributed by atoms with van der Waals surface area (Å²) in [4.78, 5) is 17.8. The van der Waals surface area contributed by atoms with Crippen LogP contribution in [0.25, 0.3) is 0 Å². The Morgan fingerprint density at radius 3 is 3.18 bits per heavy atom. The summed E-state index contributed by atoms with van der Waals surface area (Å²) in [5.41, 5.74) is -0.303. The van der Waals surface area contributed by atoms with E-state index in [1.807, 2.05) is 12.1 Å². The number of furan rings is 1. The predicted octanol–water partition coefficient (Wildman–Crippen LogP) is 1.03. The minimum Gasteiger partial charge on any atom is -0.489 e. The lowest BCUT2D eigenvalue weighted by Gasteiger charge is -2.07. The molecule has 2 heterocycles. The molecule has 0 fully saturated rings. The predicted molar refractivity (Wildman–Crippen MR) is 62.3 cm³/mol. The molecule has 0 unspecified atom stereocenters. The second kappa shape index (κ2) is 5.20. The Kier molecular flexibility index (Phi) is 3.44. The number of hydrogen-bond donors (Lipinski definition) is 2. The molecule has 2 aromatic heterocycles. The van der Waals surface area contributed by atoms with Crippen molar-refractivity contribution < 1.29 is 9.15 Å². The number of aromatic nitrogens is 2. The minimum absolute atomic E-state index is 0.187. The lowest BCUT2D eigenvalue weighted by Crippen LogP contribution is -2.15. The summed E-state index contributed by atoms with van der Waals surface area (Å²) in [6, 6.07) is 3.73. The number of ether oxygens (including phenoxy) is 1. The molecule has 0 aliphatic rings. The molecule has 17 heavy (non-hydrogen) atoms. The number of H-pyrrole nitrogens is 1. The lowest BCUT2D eigenvalue weighted by atomic mass is 10.3. The van der Waals surface area contributed by atoms with Crippen LogP contribution in [-0.4, -0.2) is 23.6 Å². The van der Waals surface area contributed by atoms with Gasteiger partial charge in [0.25, 0.3) is 5.56 Å². The summed E-state index contributed by atoms with van der Waals surface area (Å²) in [5, 5.41) is 3.03. The van der Waals surface area contributed by atoms with Crippen molar-refractivity contribution >= 4 is 5.82 Å². The van der Waals surface area contributed by atoms with Gasteiger partial charge in [0.2, 0.25) is 5.75 Å². The van der Waals surface area contributed by atoms with E-state index in [0.717, 1.165) is 5.76 Å². The number of anilines is 1. The normalized spacial score (nSPS) is 10.2. The van der Waals surface area contributed by atoms with E-state index in [2.05, 4.69) is 15.3 Å². The van der Waals surface area contributed by atoms with Crippen LogP contribution in [0.1, 0.15) is 5.76 Å². The van der Waals surface area contributed by atoms with Crippen molar-refractivity contribution in [3.05, 3.63) is 40.8 Å². The Morgan fingerprint density at radius 1 is 1.59 bits per heavy atom. The molecule has 0 radical (unpaired) electrons. The summed E-state index contributed by atoms with van der Waals surface area (Å²) < 4.78 is 10.2. The maximum Gasteiger partial charge on any atom is 0.295 e. The minimum atomic E-state index is -0.303. The van der Waals surface area contributed by atoms with Crippen LogP contribution in [-0.2, 0) is 6.42 Å². The highest BCUT2D eigenvalue weighted by Crippen LogP contribution is 2.14. The molecule has 0 aromatic carbocycles. The number of nitrogens with zero attached hydrogens (tertiary/aromatic N) is 1.